The monoisotopic (exact) mass is 219 g/mol. The SMILES string of the molecule is NC(=O)CC(=O)CN=NCc1ccccc1. The lowest BCUT2D eigenvalue weighted by atomic mass is 10.2. The average Bonchev–Trinajstić information content (AvgIpc) is 2.25. The number of benzene rings is 1. The van der Waals surface area contributed by atoms with Crippen LogP contribution in [0.4, 0.5) is 0 Å². The molecule has 0 saturated carbocycles. The third-order valence-corrected chi connectivity index (χ3v) is 1.81. The molecule has 1 aromatic rings. The highest BCUT2D eigenvalue weighted by Crippen LogP contribution is 2.00. The highest BCUT2D eigenvalue weighted by molar-refractivity contribution is 5.98. The molecule has 0 aliphatic carbocycles. The van der Waals surface area contributed by atoms with Gasteiger partial charge >= 0.3 is 0 Å². The molecule has 1 amide bonds. The Bertz CT molecular complexity index is 387. The maximum atomic E-state index is 11.0. The third kappa shape index (κ3) is 4.99. The standard InChI is InChI=1S/C11H13N3O2/c12-11(16)6-10(15)8-14-13-7-9-4-2-1-3-5-9/h1-5H,6-8H2,(H2,12,16). The van der Waals surface area contributed by atoms with Gasteiger partial charge in [-0.3, -0.25) is 9.59 Å². The topological polar surface area (TPSA) is 84.9 Å². The molecule has 0 bridgehead atoms. The summed E-state index contributed by atoms with van der Waals surface area (Å²) < 4.78 is 0. The van der Waals surface area contributed by atoms with Crippen LogP contribution in [0.1, 0.15) is 12.0 Å². The predicted octanol–water partition coefficient (Wildman–Crippen LogP) is 1.08. The van der Waals surface area contributed by atoms with E-state index in [0.29, 0.717) is 6.54 Å². The quantitative estimate of drug-likeness (QED) is 0.573. The van der Waals surface area contributed by atoms with E-state index in [4.69, 9.17) is 5.73 Å². The van der Waals surface area contributed by atoms with Crippen LogP contribution >= 0.6 is 0 Å². The number of azo groups is 1. The first-order chi connectivity index (χ1) is 7.68. The molecule has 5 heteroatoms. The molecule has 16 heavy (non-hydrogen) atoms. The Morgan fingerprint density at radius 1 is 1.12 bits per heavy atom. The van der Waals surface area contributed by atoms with Gasteiger partial charge in [0.25, 0.3) is 0 Å². The van der Waals surface area contributed by atoms with Crippen molar-refractivity contribution in [1.82, 2.24) is 0 Å². The van der Waals surface area contributed by atoms with Gasteiger partial charge in [-0.2, -0.15) is 10.2 Å². The molecule has 0 unspecified atom stereocenters. The molecule has 1 aromatic carbocycles. The highest BCUT2D eigenvalue weighted by Gasteiger charge is 2.04. The van der Waals surface area contributed by atoms with Crippen LogP contribution in [0.15, 0.2) is 40.6 Å². The van der Waals surface area contributed by atoms with E-state index in [0.717, 1.165) is 5.56 Å². The van der Waals surface area contributed by atoms with Gasteiger partial charge in [0.1, 0.15) is 6.54 Å². The second kappa shape index (κ2) is 6.44. The van der Waals surface area contributed by atoms with Crippen LogP contribution in [-0.2, 0) is 16.1 Å². The molecule has 0 aromatic heterocycles. The number of rotatable bonds is 6. The number of nitrogens with two attached hydrogens (primary N) is 1. The first-order valence-corrected chi connectivity index (χ1v) is 4.85. The smallest absolute Gasteiger partial charge is 0.224 e. The Balaban J connectivity index is 2.28. The summed E-state index contributed by atoms with van der Waals surface area (Å²) in [6.45, 7) is 0.348. The lowest BCUT2D eigenvalue weighted by Gasteiger charge is -1.94. The van der Waals surface area contributed by atoms with E-state index in [9.17, 15) is 9.59 Å². The number of nitrogens with zero attached hydrogens (tertiary/aromatic N) is 2. The van der Waals surface area contributed by atoms with E-state index >= 15 is 0 Å². The van der Waals surface area contributed by atoms with Crippen molar-refractivity contribution in [2.24, 2.45) is 16.0 Å². The van der Waals surface area contributed by atoms with Crippen molar-refractivity contribution in [2.75, 3.05) is 6.54 Å². The van der Waals surface area contributed by atoms with Crippen molar-refractivity contribution in [3.63, 3.8) is 0 Å². The number of amides is 1. The van der Waals surface area contributed by atoms with Crippen molar-refractivity contribution in [3.05, 3.63) is 35.9 Å². The van der Waals surface area contributed by atoms with E-state index in [2.05, 4.69) is 10.2 Å². The van der Waals surface area contributed by atoms with Crippen LogP contribution in [0.5, 0.6) is 0 Å². The average molecular weight is 219 g/mol. The summed E-state index contributed by atoms with van der Waals surface area (Å²) in [6.07, 6.45) is -0.273. The van der Waals surface area contributed by atoms with E-state index in [1.807, 2.05) is 30.3 Å². The van der Waals surface area contributed by atoms with Crippen molar-refractivity contribution in [1.29, 1.82) is 0 Å². The first kappa shape index (κ1) is 12.0. The summed E-state index contributed by atoms with van der Waals surface area (Å²) in [6, 6.07) is 9.57. The fourth-order valence-electron chi connectivity index (χ4n) is 1.09. The molecular weight excluding hydrogens is 206 g/mol. The Labute approximate surface area is 93.4 Å². The molecular formula is C11H13N3O2. The van der Waals surface area contributed by atoms with Gasteiger partial charge in [-0.05, 0) is 5.56 Å². The molecule has 0 fully saturated rings. The Morgan fingerprint density at radius 2 is 1.81 bits per heavy atom. The van der Waals surface area contributed by atoms with Crippen LogP contribution in [0.3, 0.4) is 0 Å². The maximum Gasteiger partial charge on any atom is 0.224 e. The van der Waals surface area contributed by atoms with E-state index in [-0.39, 0.29) is 18.7 Å². The van der Waals surface area contributed by atoms with Crippen LogP contribution in [0.2, 0.25) is 0 Å². The zero-order valence-electron chi connectivity index (χ0n) is 8.80. The Kier molecular flexibility index (Phi) is 4.85. The molecule has 0 saturated heterocycles. The summed E-state index contributed by atoms with van der Waals surface area (Å²) in [4.78, 5) is 21.4. The van der Waals surface area contributed by atoms with Gasteiger partial charge in [0.2, 0.25) is 5.91 Å². The van der Waals surface area contributed by atoms with Gasteiger partial charge in [-0.25, -0.2) is 0 Å². The first-order valence-electron chi connectivity index (χ1n) is 4.85. The summed E-state index contributed by atoms with van der Waals surface area (Å²) in [7, 11) is 0. The van der Waals surface area contributed by atoms with E-state index in [1.54, 1.807) is 0 Å². The summed E-state index contributed by atoms with van der Waals surface area (Å²) >= 11 is 0. The lowest BCUT2D eigenvalue weighted by molar-refractivity contribution is -0.125. The predicted molar refractivity (Wildman–Crippen MR) is 58.7 cm³/mol. The molecule has 0 heterocycles. The zero-order chi connectivity index (χ0) is 11.8. The fourth-order valence-corrected chi connectivity index (χ4v) is 1.09. The molecule has 0 aliphatic rings. The van der Waals surface area contributed by atoms with Gasteiger partial charge < -0.3 is 5.73 Å². The molecule has 0 atom stereocenters. The number of hydrogen-bond acceptors (Lipinski definition) is 4. The molecule has 5 nitrogen and oxygen atoms in total. The number of ketones is 1. The van der Waals surface area contributed by atoms with Crippen LogP contribution in [-0.4, -0.2) is 18.2 Å². The van der Waals surface area contributed by atoms with Crippen molar-refractivity contribution < 1.29 is 9.59 Å². The van der Waals surface area contributed by atoms with E-state index in [1.165, 1.54) is 0 Å². The summed E-state index contributed by atoms with van der Waals surface area (Å²) in [5.41, 5.74) is 5.88. The number of Topliss-reactive ketones (excluding diaryl/α,β-unsaturated/α-hetero) is 1. The minimum atomic E-state index is -0.636. The normalized spacial score (nSPS) is 10.5. The minimum Gasteiger partial charge on any atom is -0.369 e. The molecule has 0 spiro atoms. The van der Waals surface area contributed by atoms with Gasteiger partial charge in [-0.1, -0.05) is 30.3 Å². The Hall–Kier alpha value is -2.04. The number of primary amides is 1. The van der Waals surface area contributed by atoms with Crippen LogP contribution in [0, 0.1) is 0 Å². The van der Waals surface area contributed by atoms with Crippen molar-refractivity contribution in [3.8, 4) is 0 Å². The minimum absolute atomic E-state index is 0.0875. The largest absolute Gasteiger partial charge is 0.369 e. The van der Waals surface area contributed by atoms with Crippen LogP contribution in [0.25, 0.3) is 0 Å². The van der Waals surface area contributed by atoms with Gasteiger partial charge in [-0.15, -0.1) is 0 Å². The van der Waals surface area contributed by atoms with Gasteiger partial charge in [0.15, 0.2) is 5.78 Å². The second-order valence-electron chi connectivity index (χ2n) is 3.27. The van der Waals surface area contributed by atoms with Crippen LogP contribution < -0.4 is 5.73 Å². The number of carbonyl (C=O) groups is 2. The number of carbonyl (C=O) groups excluding carboxylic acids is 2. The second-order valence-corrected chi connectivity index (χ2v) is 3.27. The van der Waals surface area contributed by atoms with Crippen molar-refractivity contribution in [2.45, 2.75) is 13.0 Å². The highest BCUT2D eigenvalue weighted by atomic mass is 16.2. The van der Waals surface area contributed by atoms with Crippen molar-refractivity contribution >= 4 is 11.7 Å². The molecule has 0 aliphatic heterocycles. The third-order valence-electron chi connectivity index (χ3n) is 1.81. The summed E-state index contributed by atoms with van der Waals surface area (Å²) in [5.74, 6) is -0.951. The number of hydrogen-bond donors (Lipinski definition) is 1. The summed E-state index contributed by atoms with van der Waals surface area (Å²) in [5, 5.41) is 7.53. The maximum absolute atomic E-state index is 11.0. The zero-order valence-corrected chi connectivity index (χ0v) is 8.80. The van der Waals surface area contributed by atoms with Gasteiger partial charge in [0.05, 0.1) is 13.0 Å². The molecule has 0 radical (unpaired) electrons. The lowest BCUT2D eigenvalue weighted by Crippen LogP contribution is -2.17. The molecule has 84 valence electrons. The fraction of sp³-hybridized carbons (Fsp3) is 0.273. The molecule has 2 N–H and O–H groups in total. The molecule has 1 rings (SSSR count). The van der Waals surface area contributed by atoms with E-state index < -0.39 is 5.91 Å². The van der Waals surface area contributed by atoms with Gasteiger partial charge in [0, 0.05) is 0 Å². The Morgan fingerprint density at radius 3 is 2.44 bits per heavy atom.